The Labute approximate surface area is 117 Å². The van der Waals surface area contributed by atoms with Gasteiger partial charge in [0.05, 0.1) is 28.7 Å². The van der Waals surface area contributed by atoms with Crippen molar-refractivity contribution in [1.82, 2.24) is 4.90 Å². The maximum Gasteiger partial charge on any atom is 0.205 e. The SMILES string of the molecule is CC1=C(N2CCOCC2)c2ccc(Cl)cc2S1(=O)=O. The van der Waals surface area contributed by atoms with Crippen molar-refractivity contribution in [2.75, 3.05) is 26.3 Å². The highest BCUT2D eigenvalue weighted by molar-refractivity contribution is 7.95. The van der Waals surface area contributed by atoms with E-state index in [9.17, 15) is 8.42 Å². The maximum atomic E-state index is 12.4. The molecular weight excluding hydrogens is 286 g/mol. The zero-order valence-corrected chi connectivity index (χ0v) is 12.1. The molecule has 0 radical (unpaired) electrons. The van der Waals surface area contributed by atoms with Gasteiger partial charge in [-0.15, -0.1) is 0 Å². The lowest BCUT2D eigenvalue weighted by atomic mass is 10.1. The molecule has 0 unspecified atom stereocenters. The summed E-state index contributed by atoms with van der Waals surface area (Å²) in [4.78, 5) is 2.81. The predicted octanol–water partition coefficient (Wildman–Crippen LogP) is 2.15. The fraction of sp³-hybridized carbons (Fsp3) is 0.385. The lowest BCUT2D eigenvalue weighted by Gasteiger charge is -2.30. The van der Waals surface area contributed by atoms with Crippen molar-refractivity contribution in [1.29, 1.82) is 0 Å². The Balaban J connectivity index is 2.17. The number of sulfone groups is 1. The number of fused-ring (bicyclic) bond motifs is 1. The van der Waals surface area contributed by atoms with Gasteiger partial charge in [-0.25, -0.2) is 8.42 Å². The zero-order chi connectivity index (χ0) is 13.6. The third-order valence-electron chi connectivity index (χ3n) is 3.55. The van der Waals surface area contributed by atoms with Crippen LogP contribution in [0.2, 0.25) is 5.02 Å². The number of nitrogens with zero attached hydrogens (tertiary/aromatic N) is 1. The maximum absolute atomic E-state index is 12.4. The Kier molecular flexibility index (Phi) is 3.08. The highest BCUT2D eigenvalue weighted by Crippen LogP contribution is 2.41. The molecule has 0 amide bonds. The van der Waals surface area contributed by atoms with Crippen LogP contribution in [0.1, 0.15) is 12.5 Å². The summed E-state index contributed by atoms with van der Waals surface area (Å²) in [6, 6.07) is 5.05. The lowest BCUT2D eigenvalue weighted by molar-refractivity contribution is 0.0638. The number of rotatable bonds is 1. The summed E-state index contributed by atoms with van der Waals surface area (Å²) >= 11 is 5.92. The van der Waals surface area contributed by atoms with Crippen LogP contribution < -0.4 is 0 Å². The topological polar surface area (TPSA) is 46.6 Å². The Bertz CT molecular complexity index is 660. The van der Waals surface area contributed by atoms with Crippen LogP contribution in [0.3, 0.4) is 0 Å². The van der Waals surface area contributed by atoms with E-state index in [2.05, 4.69) is 4.90 Å². The van der Waals surface area contributed by atoms with E-state index in [4.69, 9.17) is 16.3 Å². The van der Waals surface area contributed by atoms with Gasteiger partial charge in [0.1, 0.15) is 0 Å². The molecule has 1 aromatic carbocycles. The van der Waals surface area contributed by atoms with Gasteiger partial charge in [0.25, 0.3) is 0 Å². The molecule has 0 aromatic heterocycles. The minimum Gasteiger partial charge on any atom is -0.378 e. The molecule has 0 bridgehead atoms. The van der Waals surface area contributed by atoms with E-state index in [-0.39, 0.29) is 0 Å². The summed E-state index contributed by atoms with van der Waals surface area (Å²) in [5, 5.41) is 0.443. The number of allylic oxidation sites excluding steroid dienone is 1. The lowest BCUT2D eigenvalue weighted by Crippen LogP contribution is -2.35. The first-order chi connectivity index (χ1) is 9.01. The molecule has 1 saturated heterocycles. The van der Waals surface area contributed by atoms with Crippen molar-refractivity contribution in [2.24, 2.45) is 0 Å². The van der Waals surface area contributed by atoms with Crippen molar-refractivity contribution in [3.05, 3.63) is 33.7 Å². The van der Waals surface area contributed by atoms with Crippen LogP contribution in [0.25, 0.3) is 5.70 Å². The molecule has 1 fully saturated rings. The van der Waals surface area contributed by atoms with Gasteiger partial charge < -0.3 is 9.64 Å². The van der Waals surface area contributed by atoms with Gasteiger partial charge in [0.2, 0.25) is 9.84 Å². The van der Waals surface area contributed by atoms with E-state index in [0.29, 0.717) is 41.1 Å². The molecule has 2 aliphatic rings. The molecule has 4 nitrogen and oxygen atoms in total. The average molecular weight is 300 g/mol. The Morgan fingerprint density at radius 2 is 1.95 bits per heavy atom. The summed E-state index contributed by atoms with van der Waals surface area (Å²) in [6.07, 6.45) is 0. The Hall–Kier alpha value is -1.04. The second-order valence-electron chi connectivity index (χ2n) is 4.65. The molecule has 102 valence electrons. The minimum absolute atomic E-state index is 0.319. The smallest absolute Gasteiger partial charge is 0.205 e. The molecular formula is C13H14ClNO3S. The molecule has 2 aliphatic heterocycles. The molecule has 1 aromatic rings. The molecule has 0 atom stereocenters. The van der Waals surface area contributed by atoms with Crippen LogP contribution in [-0.4, -0.2) is 39.6 Å². The highest BCUT2D eigenvalue weighted by atomic mass is 35.5. The summed E-state index contributed by atoms with van der Waals surface area (Å²) in [6.45, 7) is 4.34. The van der Waals surface area contributed by atoms with Gasteiger partial charge >= 0.3 is 0 Å². The van der Waals surface area contributed by atoms with Crippen LogP contribution in [-0.2, 0) is 14.6 Å². The molecule has 6 heteroatoms. The summed E-state index contributed by atoms with van der Waals surface area (Å²) < 4.78 is 30.1. The molecule has 0 N–H and O–H groups in total. The summed E-state index contributed by atoms with van der Waals surface area (Å²) in [5.74, 6) is 0. The third-order valence-corrected chi connectivity index (χ3v) is 5.70. The largest absolute Gasteiger partial charge is 0.378 e. The van der Waals surface area contributed by atoms with Crippen LogP contribution in [0, 0.1) is 0 Å². The molecule has 3 rings (SSSR count). The normalized spacial score (nSPS) is 21.7. The second kappa shape index (κ2) is 4.51. The van der Waals surface area contributed by atoms with Gasteiger partial charge in [-0.1, -0.05) is 17.7 Å². The highest BCUT2D eigenvalue weighted by Gasteiger charge is 2.35. The number of benzene rings is 1. The second-order valence-corrected chi connectivity index (χ2v) is 7.14. The van der Waals surface area contributed by atoms with Gasteiger partial charge in [0, 0.05) is 23.7 Å². The number of hydrogen-bond donors (Lipinski definition) is 0. The average Bonchev–Trinajstić information content (AvgIpc) is 2.59. The predicted molar refractivity (Wildman–Crippen MR) is 73.6 cm³/mol. The first kappa shape index (κ1) is 13.0. The fourth-order valence-electron chi connectivity index (χ4n) is 2.58. The van der Waals surface area contributed by atoms with Gasteiger partial charge in [-0.05, 0) is 19.1 Å². The van der Waals surface area contributed by atoms with E-state index >= 15 is 0 Å². The fourth-order valence-corrected chi connectivity index (χ4v) is 4.37. The standard InChI is InChI=1S/C13H14ClNO3S/c1-9-13(15-4-6-18-7-5-15)11-3-2-10(14)8-12(11)19(9,16)17/h2-3,8H,4-7H2,1H3. The number of ether oxygens (including phenoxy) is 1. The van der Waals surface area contributed by atoms with Crippen molar-refractivity contribution in [2.45, 2.75) is 11.8 Å². The summed E-state index contributed by atoms with van der Waals surface area (Å²) in [5.41, 5.74) is 1.55. The summed E-state index contributed by atoms with van der Waals surface area (Å²) in [7, 11) is -3.39. The van der Waals surface area contributed by atoms with E-state index < -0.39 is 9.84 Å². The van der Waals surface area contributed by atoms with E-state index in [1.807, 2.05) is 0 Å². The van der Waals surface area contributed by atoms with Gasteiger partial charge in [0.15, 0.2) is 0 Å². The first-order valence-corrected chi connectivity index (χ1v) is 7.96. The van der Waals surface area contributed by atoms with Crippen molar-refractivity contribution < 1.29 is 13.2 Å². The zero-order valence-electron chi connectivity index (χ0n) is 10.5. The first-order valence-electron chi connectivity index (χ1n) is 6.10. The van der Waals surface area contributed by atoms with E-state index in [1.54, 1.807) is 19.1 Å². The van der Waals surface area contributed by atoms with E-state index in [1.165, 1.54) is 6.07 Å². The van der Waals surface area contributed by atoms with Gasteiger partial charge in [-0.2, -0.15) is 0 Å². The van der Waals surface area contributed by atoms with Crippen LogP contribution in [0.15, 0.2) is 28.0 Å². The van der Waals surface area contributed by atoms with Crippen LogP contribution >= 0.6 is 11.6 Å². The Morgan fingerprint density at radius 1 is 1.26 bits per heavy atom. The minimum atomic E-state index is -3.39. The van der Waals surface area contributed by atoms with Crippen LogP contribution in [0.4, 0.5) is 0 Å². The van der Waals surface area contributed by atoms with Crippen molar-refractivity contribution in [3.63, 3.8) is 0 Å². The van der Waals surface area contributed by atoms with Crippen LogP contribution in [0.5, 0.6) is 0 Å². The third kappa shape index (κ3) is 1.96. The molecule has 0 spiro atoms. The Morgan fingerprint density at radius 3 is 2.63 bits per heavy atom. The molecule has 2 heterocycles. The molecule has 0 saturated carbocycles. The number of halogens is 1. The van der Waals surface area contributed by atoms with Gasteiger partial charge in [-0.3, -0.25) is 0 Å². The monoisotopic (exact) mass is 299 g/mol. The molecule has 19 heavy (non-hydrogen) atoms. The van der Waals surface area contributed by atoms with Crippen molar-refractivity contribution >= 4 is 27.1 Å². The van der Waals surface area contributed by atoms with Crippen molar-refractivity contribution in [3.8, 4) is 0 Å². The number of hydrogen-bond acceptors (Lipinski definition) is 4. The van der Waals surface area contributed by atoms with E-state index in [0.717, 1.165) is 11.3 Å². The quantitative estimate of drug-likeness (QED) is 0.797. The number of morpholine rings is 1. The molecule has 0 aliphatic carbocycles.